The van der Waals surface area contributed by atoms with E-state index in [-0.39, 0.29) is 43.3 Å². The number of fused-ring (bicyclic) bond motifs is 5. The molecule has 0 amide bonds. The zero-order valence-electron chi connectivity index (χ0n) is 23.8. The number of allylic oxidation sites excluding steroid dienone is 1. The first kappa shape index (κ1) is 28.9. The van der Waals surface area contributed by atoms with Crippen LogP contribution in [0.5, 0.6) is 0 Å². The second kappa shape index (κ2) is 8.44. The molecule has 0 heterocycles. The fourth-order valence-corrected chi connectivity index (χ4v) is 9.47. The fourth-order valence-electron chi connectivity index (χ4n) is 9.47. The number of Topliss-reactive ketones (excluding diaryl/α,β-unsaturated/α-hetero) is 2. The van der Waals surface area contributed by atoms with E-state index in [0.29, 0.717) is 12.8 Å². The molecule has 5 N–H and O–H groups in total. The van der Waals surface area contributed by atoms with Crippen molar-refractivity contribution in [3.63, 3.8) is 0 Å². The summed E-state index contributed by atoms with van der Waals surface area (Å²) in [5.74, 6) is -1.71. The number of hydrogen-bond acceptors (Lipinski definition) is 7. The molecule has 0 aromatic heterocycles. The van der Waals surface area contributed by atoms with E-state index in [0.717, 1.165) is 5.57 Å². The zero-order chi connectivity index (χ0) is 28.1. The number of ketones is 2. The highest BCUT2D eigenvalue weighted by Gasteiger charge is 2.74. The molecular weight excluding hydrogens is 472 g/mol. The van der Waals surface area contributed by atoms with Crippen molar-refractivity contribution in [2.24, 2.45) is 39.4 Å². The monoisotopic (exact) mass is 520 g/mol. The summed E-state index contributed by atoms with van der Waals surface area (Å²) >= 11 is 0. The normalized spacial score (nSPS) is 46.8. The first-order valence-corrected chi connectivity index (χ1v) is 13.9. The average molecular weight is 521 g/mol. The molecule has 10 atom stereocenters. The molecule has 0 saturated heterocycles. The predicted octanol–water partition coefficient (Wildman–Crippen LogP) is 2.94. The lowest BCUT2D eigenvalue weighted by Crippen LogP contribution is -2.66. The number of carbonyl (C=O) groups excluding carboxylic acids is 2. The summed E-state index contributed by atoms with van der Waals surface area (Å²) in [6.45, 7) is 14.7. The maximum atomic E-state index is 13.3. The molecular formula is C30H48O7. The van der Waals surface area contributed by atoms with Gasteiger partial charge in [-0.25, -0.2) is 0 Å². The van der Waals surface area contributed by atoms with E-state index < -0.39 is 62.9 Å². The highest BCUT2D eigenvalue weighted by molar-refractivity contribution is 5.87. The molecule has 0 aromatic carbocycles. The predicted molar refractivity (Wildman–Crippen MR) is 139 cm³/mol. The van der Waals surface area contributed by atoms with Crippen molar-refractivity contribution >= 4 is 11.6 Å². The van der Waals surface area contributed by atoms with Crippen LogP contribution in [0.4, 0.5) is 0 Å². The number of aliphatic hydroxyl groups is 5. The van der Waals surface area contributed by atoms with Crippen LogP contribution in [0.1, 0.15) is 93.9 Å². The Morgan fingerprint density at radius 2 is 1.59 bits per heavy atom. The van der Waals surface area contributed by atoms with Gasteiger partial charge in [0.25, 0.3) is 0 Å². The standard InChI is InChI=1S/C30H48O7/c1-25(2,36)12-11-21(33)30(8,37)23-19(32)14-27(5)20-10-9-16-17(13-18(31)24(35)26(16,3)4)29(20,7)22(34)15-28(23,27)6/h9,17,19-20,22-24,32,34-37H,10-15H2,1-8H3. The van der Waals surface area contributed by atoms with Gasteiger partial charge in [0.2, 0.25) is 0 Å². The van der Waals surface area contributed by atoms with Gasteiger partial charge in [0, 0.05) is 29.6 Å². The summed E-state index contributed by atoms with van der Waals surface area (Å²) in [5, 5.41) is 55.8. The van der Waals surface area contributed by atoms with Crippen LogP contribution in [0.25, 0.3) is 0 Å². The lowest BCUT2D eigenvalue weighted by molar-refractivity contribution is -0.215. The summed E-state index contributed by atoms with van der Waals surface area (Å²) in [7, 11) is 0. The largest absolute Gasteiger partial charge is 0.393 e. The molecule has 0 aromatic rings. The summed E-state index contributed by atoms with van der Waals surface area (Å²) in [6, 6.07) is 0. The van der Waals surface area contributed by atoms with Crippen molar-refractivity contribution < 1.29 is 35.1 Å². The molecule has 4 rings (SSSR count). The molecule has 37 heavy (non-hydrogen) atoms. The minimum Gasteiger partial charge on any atom is -0.393 e. The average Bonchev–Trinajstić information content (AvgIpc) is 2.96. The van der Waals surface area contributed by atoms with Crippen LogP contribution >= 0.6 is 0 Å². The number of aliphatic hydroxyl groups excluding tert-OH is 3. The minimum atomic E-state index is -1.83. The maximum absolute atomic E-state index is 13.3. The van der Waals surface area contributed by atoms with E-state index in [1.165, 1.54) is 6.92 Å². The van der Waals surface area contributed by atoms with Gasteiger partial charge in [0.05, 0.1) is 17.8 Å². The fraction of sp³-hybridized carbons (Fsp3) is 0.867. The van der Waals surface area contributed by atoms with Crippen LogP contribution < -0.4 is 0 Å². The van der Waals surface area contributed by atoms with E-state index in [2.05, 4.69) is 19.9 Å². The zero-order valence-corrected chi connectivity index (χ0v) is 23.8. The highest BCUT2D eigenvalue weighted by atomic mass is 16.3. The van der Waals surface area contributed by atoms with Crippen molar-refractivity contribution in [2.45, 2.75) is 123 Å². The third kappa shape index (κ3) is 3.86. The molecule has 0 spiro atoms. The summed E-state index contributed by atoms with van der Waals surface area (Å²) in [4.78, 5) is 26.2. The van der Waals surface area contributed by atoms with Gasteiger partial charge < -0.3 is 25.5 Å². The Morgan fingerprint density at radius 1 is 1.00 bits per heavy atom. The summed E-state index contributed by atoms with van der Waals surface area (Å²) in [5.41, 5.74) is -4.49. The van der Waals surface area contributed by atoms with Crippen LogP contribution in [0, 0.1) is 39.4 Å². The second-order valence-electron chi connectivity index (χ2n) is 14.8. The van der Waals surface area contributed by atoms with Crippen LogP contribution in [0.15, 0.2) is 11.6 Å². The van der Waals surface area contributed by atoms with Crippen molar-refractivity contribution in [3.05, 3.63) is 11.6 Å². The van der Waals surface area contributed by atoms with Crippen molar-refractivity contribution in [1.82, 2.24) is 0 Å². The quantitative estimate of drug-likeness (QED) is 0.352. The van der Waals surface area contributed by atoms with Gasteiger partial charge in [-0.3, -0.25) is 9.59 Å². The molecule has 0 aliphatic heterocycles. The van der Waals surface area contributed by atoms with Crippen LogP contribution in [0.2, 0.25) is 0 Å². The Labute approximate surface area is 221 Å². The van der Waals surface area contributed by atoms with Gasteiger partial charge >= 0.3 is 0 Å². The molecule has 3 saturated carbocycles. The first-order chi connectivity index (χ1) is 16.7. The molecule has 4 aliphatic carbocycles. The van der Waals surface area contributed by atoms with E-state index >= 15 is 0 Å². The summed E-state index contributed by atoms with van der Waals surface area (Å²) in [6.07, 6.45) is 0.968. The van der Waals surface area contributed by atoms with E-state index in [9.17, 15) is 35.1 Å². The van der Waals surface area contributed by atoms with E-state index in [1.807, 2.05) is 20.8 Å². The summed E-state index contributed by atoms with van der Waals surface area (Å²) < 4.78 is 0. The Hall–Kier alpha value is -1.12. The second-order valence-corrected chi connectivity index (χ2v) is 14.8. The molecule has 7 heteroatoms. The lowest BCUT2D eigenvalue weighted by Gasteiger charge is -2.67. The van der Waals surface area contributed by atoms with Gasteiger partial charge in [-0.2, -0.15) is 0 Å². The molecule has 0 radical (unpaired) electrons. The molecule has 10 unspecified atom stereocenters. The molecule has 7 nitrogen and oxygen atoms in total. The lowest BCUT2D eigenvalue weighted by atomic mass is 9.38. The third-order valence-electron chi connectivity index (χ3n) is 11.8. The van der Waals surface area contributed by atoms with Crippen LogP contribution in [0.3, 0.4) is 0 Å². The Bertz CT molecular complexity index is 1010. The maximum Gasteiger partial charge on any atom is 0.164 e. The van der Waals surface area contributed by atoms with Crippen LogP contribution in [-0.2, 0) is 9.59 Å². The number of rotatable bonds is 5. The highest BCUT2D eigenvalue weighted by Crippen LogP contribution is 2.75. The van der Waals surface area contributed by atoms with Gasteiger partial charge in [0.1, 0.15) is 11.7 Å². The topological polar surface area (TPSA) is 135 Å². The van der Waals surface area contributed by atoms with Crippen molar-refractivity contribution in [2.75, 3.05) is 0 Å². The molecule has 3 fully saturated rings. The first-order valence-electron chi connectivity index (χ1n) is 13.9. The van der Waals surface area contributed by atoms with Gasteiger partial charge in [0.15, 0.2) is 11.6 Å². The van der Waals surface area contributed by atoms with Crippen molar-refractivity contribution in [1.29, 1.82) is 0 Å². The third-order valence-corrected chi connectivity index (χ3v) is 11.8. The Kier molecular flexibility index (Phi) is 6.59. The minimum absolute atomic E-state index is 0.0100. The van der Waals surface area contributed by atoms with E-state index in [4.69, 9.17) is 0 Å². The van der Waals surface area contributed by atoms with Gasteiger partial charge in [-0.15, -0.1) is 0 Å². The van der Waals surface area contributed by atoms with Crippen molar-refractivity contribution in [3.8, 4) is 0 Å². The number of carbonyl (C=O) groups is 2. The SMILES string of the molecule is CC(C)(O)CCC(=O)C(C)(O)C1C(O)CC2(C)C3CC=C4C(CC(=O)C(O)C4(C)C)C3(C)C(O)CC12C. The van der Waals surface area contributed by atoms with Gasteiger partial charge in [-0.05, 0) is 69.1 Å². The number of hydrogen-bond donors (Lipinski definition) is 5. The Morgan fingerprint density at radius 3 is 2.16 bits per heavy atom. The van der Waals surface area contributed by atoms with Crippen LogP contribution in [-0.4, -0.2) is 66.6 Å². The molecule has 4 aliphatic rings. The smallest absolute Gasteiger partial charge is 0.164 e. The van der Waals surface area contributed by atoms with E-state index in [1.54, 1.807) is 13.8 Å². The van der Waals surface area contributed by atoms with Gasteiger partial charge in [-0.1, -0.05) is 46.3 Å². The molecule has 0 bridgehead atoms. The Balaban J connectivity index is 1.76. The molecule has 210 valence electrons.